The third-order valence-corrected chi connectivity index (χ3v) is 3.13. The SMILES string of the molecule is C[C@@H](C/C=C/C(=O)CCCCOCc1ccccc1)OC=O. The Hall–Kier alpha value is -1.94. The van der Waals surface area contributed by atoms with Crippen LogP contribution in [0.4, 0.5) is 0 Å². The Balaban J connectivity index is 2.00. The van der Waals surface area contributed by atoms with E-state index in [1.165, 1.54) is 0 Å². The number of ether oxygens (including phenoxy) is 2. The average molecular weight is 304 g/mol. The monoisotopic (exact) mass is 304 g/mol. The number of hydrogen-bond acceptors (Lipinski definition) is 4. The number of carbonyl (C=O) groups excluding carboxylic acids is 2. The maximum Gasteiger partial charge on any atom is 0.293 e. The molecule has 4 heteroatoms. The first-order valence-electron chi connectivity index (χ1n) is 7.62. The van der Waals surface area contributed by atoms with Gasteiger partial charge in [-0.05, 0) is 31.4 Å². The standard InChI is InChI=1S/C18H24O4/c1-16(22-15-19)8-7-12-18(20)11-5-6-13-21-14-17-9-3-2-4-10-17/h2-4,7,9-10,12,15-16H,5-6,8,11,13-14H2,1H3/b12-7+/t16-/m0/s1. The highest BCUT2D eigenvalue weighted by Gasteiger charge is 2.00. The van der Waals surface area contributed by atoms with Crippen LogP contribution in [0.1, 0.15) is 38.2 Å². The molecule has 0 N–H and O–H groups in total. The van der Waals surface area contributed by atoms with Crippen LogP contribution >= 0.6 is 0 Å². The Labute approximate surface area is 132 Å². The molecule has 0 spiro atoms. The predicted octanol–water partition coefficient (Wildman–Crippen LogP) is 3.45. The molecule has 0 heterocycles. The number of allylic oxidation sites excluding steroid dienone is 1. The largest absolute Gasteiger partial charge is 0.465 e. The fraction of sp³-hybridized carbons (Fsp3) is 0.444. The van der Waals surface area contributed by atoms with Crippen LogP contribution in [0.25, 0.3) is 0 Å². The third-order valence-electron chi connectivity index (χ3n) is 3.13. The highest BCUT2D eigenvalue weighted by atomic mass is 16.5. The summed E-state index contributed by atoms with van der Waals surface area (Å²) in [5.74, 6) is 0.0985. The third kappa shape index (κ3) is 9.08. The quantitative estimate of drug-likeness (QED) is 0.337. The zero-order valence-electron chi connectivity index (χ0n) is 13.1. The van der Waals surface area contributed by atoms with E-state index in [4.69, 9.17) is 9.47 Å². The van der Waals surface area contributed by atoms with Crippen molar-refractivity contribution in [2.75, 3.05) is 6.61 Å². The number of benzene rings is 1. The molecule has 0 fully saturated rings. The maximum atomic E-state index is 11.6. The van der Waals surface area contributed by atoms with E-state index < -0.39 is 0 Å². The lowest BCUT2D eigenvalue weighted by Gasteiger charge is -2.05. The van der Waals surface area contributed by atoms with E-state index in [0.29, 0.717) is 32.5 Å². The molecule has 1 rings (SSSR count). The minimum atomic E-state index is -0.187. The summed E-state index contributed by atoms with van der Waals surface area (Å²) in [6.07, 6.45) is 5.90. The molecule has 0 amide bonds. The molecule has 0 aliphatic rings. The molecule has 0 aliphatic heterocycles. The molecule has 0 aliphatic carbocycles. The number of ketones is 1. The highest BCUT2D eigenvalue weighted by molar-refractivity contribution is 5.89. The minimum absolute atomic E-state index is 0.0985. The number of unbranched alkanes of at least 4 members (excludes halogenated alkanes) is 1. The average Bonchev–Trinajstić information content (AvgIpc) is 2.52. The molecule has 1 atom stereocenters. The van der Waals surface area contributed by atoms with Crippen molar-refractivity contribution in [3.8, 4) is 0 Å². The topological polar surface area (TPSA) is 52.6 Å². The van der Waals surface area contributed by atoms with Crippen molar-refractivity contribution >= 4 is 12.3 Å². The van der Waals surface area contributed by atoms with Crippen molar-refractivity contribution in [2.45, 2.75) is 45.3 Å². The molecule has 22 heavy (non-hydrogen) atoms. The smallest absolute Gasteiger partial charge is 0.293 e. The van der Waals surface area contributed by atoms with E-state index in [9.17, 15) is 9.59 Å². The summed E-state index contributed by atoms with van der Waals surface area (Å²) in [4.78, 5) is 21.7. The van der Waals surface area contributed by atoms with Crippen molar-refractivity contribution in [1.29, 1.82) is 0 Å². The molecule has 0 unspecified atom stereocenters. The van der Waals surface area contributed by atoms with Crippen molar-refractivity contribution in [2.24, 2.45) is 0 Å². The van der Waals surface area contributed by atoms with Crippen molar-refractivity contribution in [3.63, 3.8) is 0 Å². The van der Waals surface area contributed by atoms with E-state index in [0.717, 1.165) is 18.4 Å². The van der Waals surface area contributed by atoms with Gasteiger partial charge < -0.3 is 9.47 Å². The lowest BCUT2D eigenvalue weighted by Crippen LogP contribution is -2.05. The van der Waals surface area contributed by atoms with Crippen LogP contribution < -0.4 is 0 Å². The van der Waals surface area contributed by atoms with E-state index in [1.54, 1.807) is 19.1 Å². The van der Waals surface area contributed by atoms with Gasteiger partial charge in [-0.15, -0.1) is 0 Å². The van der Waals surface area contributed by atoms with Crippen LogP contribution in [0.3, 0.4) is 0 Å². The highest BCUT2D eigenvalue weighted by Crippen LogP contribution is 2.04. The molecule has 0 radical (unpaired) electrons. The minimum Gasteiger partial charge on any atom is -0.465 e. The molecule has 0 aromatic heterocycles. The Bertz CT molecular complexity index is 453. The summed E-state index contributed by atoms with van der Waals surface area (Å²) in [5, 5.41) is 0. The molecular weight excluding hydrogens is 280 g/mol. The summed E-state index contributed by atoms with van der Waals surface area (Å²) in [7, 11) is 0. The molecule has 0 saturated heterocycles. The van der Waals surface area contributed by atoms with Gasteiger partial charge in [0.1, 0.15) is 6.10 Å². The Morgan fingerprint density at radius 2 is 2.00 bits per heavy atom. The summed E-state index contributed by atoms with van der Waals surface area (Å²) in [5.41, 5.74) is 1.16. The van der Waals surface area contributed by atoms with Gasteiger partial charge in [0.2, 0.25) is 0 Å². The summed E-state index contributed by atoms with van der Waals surface area (Å²) >= 11 is 0. The van der Waals surface area contributed by atoms with Crippen LogP contribution in [-0.2, 0) is 25.7 Å². The van der Waals surface area contributed by atoms with E-state index in [-0.39, 0.29) is 11.9 Å². The van der Waals surface area contributed by atoms with Crippen LogP contribution in [0.15, 0.2) is 42.5 Å². The Morgan fingerprint density at radius 3 is 2.73 bits per heavy atom. The number of rotatable bonds is 12. The van der Waals surface area contributed by atoms with E-state index in [1.807, 2.05) is 30.3 Å². The van der Waals surface area contributed by atoms with Gasteiger partial charge >= 0.3 is 0 Å². The number of hydrogen-bond donors (Lipinski definition) is 0. The second-order valence-electron chi connectivity index (χ2n) is 5.14. The van der Waals surface area contributed by atoms with Gasteiger partial charge in [-0.2, -0.15) is 0 Å². The lowest BCUT2D eigenvalue weighted by atomic mass is 10.1. The normalized spacial score (nSPS) is 12.2. The first kappa shape index (κ1) is 18.1. The zero-order chi connectivity index (χ0) is 16.0. The fourth-order valence-corrected chi connectivity index (χ4v) is 1.89. The van der Waals surface area contributed by atoms with Crippen LogP contribution in [-0.4, -0.2) is 25.0 Å². The van der Waals surface area contributed by atoms with E-state index >= 15 is 0 Å². The van der Waals surface area contributed by atoms with Gasteiger partial charge in [-0.1, -0.05) is 36.4 Å². The molecule has 120 valence electrons. The van der Waals surface area contributed by atoms with Gasteiger partial charge in [0.25, 0.3) is 6.47 Å². The van der Waals surface area contributed by atoms with Gasteiger partial charge in [0.05, 0.1) is 6.61 Å². The van der Waals surface area contributed by atoms with Crippen molar-refractivity contribution < 1.29 is 19.1 Å². The Kier molecular flexibility index (Phi) is 9.62. The first-order chi connectivity index (χ1) is 10.7. The summed E-state index contributed by atoms with van der Waals surface area (Å²) in [6.45, 7) is 3.49. The summed E-state index contributed by atoms with van der Waals surface area (Å²) in [6, 6.07) is 10.0. The lowest BCUT2D eigenvalue weighted by molar-refractivity contribution is -0.132. The van der Waals surface area contributed by atoms with E-state index in [2.05, 4.69) is 0 Å². The van der Waals surface area contributed by atoms with Gasteiger partial charge in [-0.3, -0.25) is 9.59 Å². The molecule has 0 bridgehead atoms. The molecular formula is C18H24O4. The first-order valence-corrected chi connectivity index (χ1v) is 7.62. The predicted molar refractivity (Wildman–Crippen MR) is 85.3 cm³/mol. The maximum absolute atomic E-state index is 11.6. The van der Waals surface area contributed by atoms with Crippen LogP contribution in [0, 0.1) is 0 Å². The Morgan fingerprint density at radius 1 is 1.23 bits per heavy atom. The second kappa shape index (κ2) is 11.7. The molecule has 1 aromatic carbocycles. The van der Waals surface area contributed by atoms with Gasteiger partial charge in [-0.25, -0.2) is 0 Å². The van der Waals surface area contributed by atoms with Gasteiger partial charge in [0.15, 0.2) is 5.78 Å². The van der Waals surface area contributed by atoms with Crippen LogP contribution in [0.2, 0.25) is 0 Å². The molecule has 0 saturated carbocycles. The second-order valence-corrected chi connectivity index (χ2v) is 5.14. The summed E-state index contributed by atoms with van der Waals surface area (Å²) < 4.78 is 10.3. The van der Waals surface area contributed by atoms with Crippen LogP contribution in [0.5, 0.6) is 0 Å². The molecule has 4 nitrogen and oxygen atoms in total. The van der Waals surface area contributed by atoms with Crippen molar-refractivity contribution in [3.05, 3.63) is 48.0 Å². The molecule has 1 aromatic rings. The number of carbonyl (C=O) groups is 2. The fourth-order valence-electron chi connectivity index (χ4n) is 1.89. The van der Waals surface area contributed by atoms with Crippen molar-refractivity contribution in [1.82, 2.24) is 0 Å². The zero-order valence-corrected chi connectivity index (χ0v) is 13.1. The van der Waals surface area contributed by atoms with Gasteiger partial charge in [0, 0.05) is 19.4 Å².